The summed E-state index contributed by atoms with van der Waals surface area (Å²) in [6.45, 7) is 4.60. The molecule has 0 radical (unpaired) electrons. The summed E-state index contributed by atoms with van der Waals surface area (Å²) in [6.07, 6.45) is 4.48. The molecule has 1 aliphatic rings. The SMILES string of the molecule is C=C1CCC(c2ccc(Cl)cc2)OC1.OC(CCC[P+](c1ccccc1)(c1ccccc1)c1ccccc1)c1ccc(Cl)cc1.[I-]. The Morgan fingerprint density at radius 3 is 1.59 bits per heavy atom. The number of hydrogen-bond acceptors (Lipinski definition) is 2. The van der Waals surface area contributed by atoms with E-state index in [1.807, 2.05) is 48.5 Å². The second-order valence-electron chi connectivity index (χ2n) is 11.4. The summed E-state index contributed by atoms with van der Waals surface area (Å²) in [7, 11) is -1.84. The predicted octanol–water partition coefficient (Wildman–Crippen LogP) is 6.90. The van der Waals surface area contributed by atoms with Gasteiger partial charge in [-0.2, -0.15) is 0 Å². The summed E-state index contributed by atoms with van der Waals surface area (Å²) in [6, 6.07) is 48.1. The van der Waals surface area contributed by atoms with Gasteiger partial charge in [0.05, 0.1) is 25.0 Å². The van der Waals surface area contributed by atoms with E-state index in [9.17, 15) is 5.11 Å². The van der Waals surface area contributed by atoms with Gasteiger partial charge >= 0.3 is 0 Å². The lowest BCUT2D eigenvalue weighted by atomic mass is 9.99. The lowest BCUT2D eigenvalue weighted by Gasteiger charge is -2.28. The fourth-order valence-electron chi connectivity index (χ4n) is 5.90. The topological polar surface area (TPSA) is 29.5 Å². The number of rotatable bonds is 9. The van der Waals surface area contributed by atoms with Gasteiger partial charge in [-0.3, -0.25) is 0 Å². The number of halogens is 3. The van der Waals surface area contributed by atoms with Gasteiger partial charge in [-0.05, 0) is 97.5 Å². The van der Waals surface area contributed by atoms with E-state index in [4.69, 9.17) is 27.9 Å². The van der Waals surface area contributed by atoms with Gasteiger partial charge in [0.15, 0.2) is 0 Å². The van der Waals surface area contributed by atoms with Crippen molar-refractivity contribution in [2.45, 2.75) is 37.9 Å². The van der Waals surface area contributed by atoms with Crippen molar-refractivity contribution in [2.24, 2.45) is 0 Å². The first kappa shape index (κ1) is 36.3. The summed E-state index contributed by atoms with van der Waals surface area (Å²) in [4.78, 5) is 0. The molecule has 1 heterocycles. The highest BCUT2D eigenvalue weighted by Crippen LogP contribution is 2.56. The van der Waals surface area contributed by atoms with Crippen LogP contribution < -0.4 is 39.9 Å². The average molecular weight is 782 g/mol. The zero-order chi connectivity index (χ0) is 31.5. The highest BCUT2D eigenvalue weighted by Gasteiger charge is 2.44. The van der Waals surface area contributed by atoms with Crippen molar-refractivity contribution in [3.8, 4) is 0 Å². The van der Waals surface area contributed by atoms with Crippen LogP contribution in [0.3, 0.4) is 0 Å². The zero-order valence-corrected chi connectivity index (χ0v) is 30.4. The second-order valence-corrected chi connectivity index (χ2v) is 15.9. The first-order chi connectivity index (χ1) is 22.0. The third-order valence-electron chi connectivity index (χ3n) is 8.31. The Morgan fingerprint density at radius 1 is 0.696 bits per heavy atom. The molecule has 2 atom stereocenters. The maximum atomic E-state index is 10.8. The van der Waals surface area contributed by atoms with Crippen LogP contribution >= 0.6 is 30.5 Å². The molecular formula is C40H40Cl2IO2P. The minimum Gasteiger partial charge on any atom is -1.00 e. The summed E-state index contributed by atoms with van der Waals surface area (Å²) in [5.41, 5.74) is 3.32. The van der Waals surface area contributed by atoms with Crippen LogP contribution in [0.25, 0.3) is 0 Å². The van der Waals surface area contributed by atoms with Crippen molar-refractivity contribution >= 4 is 46.4 Å². The zero-order valence-electron chi connectivity index (χ0n) is 25.8. The molecular weight excluding hydrogens is 741 g/mol. The molecule has 5 aromatic rings. The Balaban J connectivity index is 0.000000268. The highest BCUT2D eigenvalue weighted by atomic mass is 127. The van der Waals surface area contributed by atoms with Crippen molar-refractivity contribution in [1.82, 2.24) is 0 Å². The molecule has 1 N–H and O–H groups in total. The van der Waals surface area contributed by atoms with E-state index in [-0.39, 0.29) is 30.1 Å². The average Bonchev–Trinajstić information content (AvgIpc) is 3.09. The standard InChI is InChI=1S/C28H27ClOP.C12H13ClO.HI/c29-24-20-18-23(19-21-24)28(30)17-10-22-31(25-11-4-1-5-12-25,26-13-6-2-7-14-26)27-15-8-3-9-16-27;1-9-2-7-12(14-8-9)10-3-5-11(13)6-4-10;/h1-9,11-16,18-21,28,30H,10,17,22H2;3-6,12H,1-2,7-8H2;1H/q+1;;/p-1. The first-order valence-electron chi connectivity index (χ1n) is 15.5. The number of benzene rings is 5. The summed E-state index contributed by atoms with van der Waals surface area (Å²) >= 11 is 11.8. The Kier molecular flexibility index (Phi) is 14.3. The molecule has 2 nitrogen and oxygen atoms in total. The van der Waals surface area contributed by atoms with Crippen molar-refractivity contribution in [3.05, 3.63) is 173 Å². The van der Waals surface area contributed by atoms with E-state index in [0.29, 0.717) is 11.6 Å². The fraction of sp³-hybridized carbons (Fsp3) is 0.200. The van der Waals surface area contributed by atoms with Gasteiger partial charge in [0.2, 0.25) is 0 Å². The molecule has 238 valence electrons. The normalized spacial score (nSPS) is 15.2. The molecule has 0 aromatic heterocycles. The van der Waals surface area contributed by atoms with Gasteiger partial charge < -0.3 is 33.8 Å². The molecule has 1 saturated heterocycles. The molecule has 0 spiro atoms. The predicted molar refractivity (Wildman–Crippen MR) is 194 cm³/mol. The van der Waals surface area contributed by atoms with Crippen LogP contribution in [0.4, 0.5) is 0 Å². The van der Waals surface area contributed by atoms with Crippen LogP contribution in [0.15, 0.2) is 152 Å². The van der Waals surface area contributed by atoms with E-state index in [0.717, 1.165) is 42.4 Å². The number of ether oxygens (including phenoxy) is 1. The molecule has 6 rings (SSSR count). The quantitative estimate of drug-likeness (QED) is 0.100. The van der Waals surface area contributed by atoms with Crippen molar-refractivity contribution in [1.29, 1.82) is 0 Å². The molecule has 6 heteroatoms. The summed E-state index contributed by atoms with van der Waals surface area (Å²) in [5.74, 6) is 0. The van der Waals surface area contributed by atoms with Crippen molar-refractivity contribution in [3.63, 3.8) is 0 Å². The van der Waals surface area contributed by atoms with E-state index in [1.165, 1.54) is 27.1 Å². The van der Waals surface area contributed by atoms with Crippen LogP contribution in [-0.2, 0) is 4.74 Å². The smallest absolute Gasteiger partial charge is 0.112 e. The van der Waals surface area contributed by atoms with Gasteiger partial charge in [-0.15, -0.1) is 0 Å². The minimum absolute atomic E-state index is 0. The lowest BCUT2D eigenvalue weighted by Crippen LogP contribution is -3.00. The number of aliphatic hydroxyl groups is 1. The lowest BCUT2D eigenvalue weighted by molar-refractivity contribution is -0.0000122. The third-order valence-corrected chi connectivity index (χ3v) is 13.3. The van der Waals surface area contributed by atoms with Gasteiger partial charge in [-0.1, -0.05) is 114 Å². The molecule has 46 heavy (non-hydrogen) atoms. The maximum Gasteiger partial charge on any atom is 0.112 e. The molecule has 5 aromatic carbocycles. The van der Waals surface area contributed by atoms with Gasteiger partial charge in [0.1, 0.15) is 23.2 Å². The molecule has 0 bridgehead atoms. The molecule has 2 unspecified atom stereocenters. The van der Waals surface area contributed by atoms with Crippen molar-refractivity contribution in [2.75, 3.05) is 12.8 Å². The van der Waals surface area contributed by atoms with E-state index in [2.05, 4.69) is 97.6 Å². The minimum atomic E-state index is -1.84. The van der Waals surface area contributed by atoms with Crippen LogP contribution in [0.1, 0.15) is 49.0 Å². The highest BCUT2D eigenvalue weighted by molar-refractivity contribution is 7.95. The van der Waals surface area contributed by atoms with Crippen LogP contribution in [0.2, 0.25) is 10.0 Å². The van der Waals surface area contributed by atoms with Crippen LogP contribution in [0.5, 0.6) is 0 Å². The molecule has 1 fully saturated rings. The summed E-state index contributed by atoms with van der Waals surface area (Å²) < 4.78 is 5.67. The van der Waals surface area contributed by atoms with E-state index >= 15 is 0 Å². The maximum absolute atomic E-state index is 10.8. The number of hydrogen-bond donors (Lipinski definition) is 1. The van der Waals surface area contributed by atoms with E-state index in [1.54, 1.807) is 0 Å². The molecule has 0 saturated carbocycles. The second kappa shape index (κ2) is 18.2. The monoisotopic (exact) mass is 780 g/mol. The largest absolute Gasteiger partial charge is 1.00 e. The van der Waals surface area contributed by atoms with Crippen LogP contribution in [-0.4, -0.2) is 17.9 Å². The van der Waals surface area contributed by atoms with E-state index < -0.39 is 13.4 Å². The van der Waals surface area contributed by atoms with Crippen molar-refractivity contribution < 1.29 is 33.8 Å². The Hall–Kier alpha value is -2.50. The molecule has 1 aliphatic heterocycles. The van der Waals surface area contributed by atoms with Gasteiger partial charge in [-0.25, -0.2) is 0 Å². The Bertz CT molecular complexity index is 1510. The Labute approximate surface area is 301 Å². The first-order valence-corrected chi connectivity index (χ1v) is 18.2. The van der Waals surface area contributed by atoms with Crippen LogP contribution in [0, 0.1) is 0 Å². The van der Waals surface area contributed by atoms with Gasteiger partial charge in [0, 0.05) is 10.0 Å². The fourth-order valence-corrected chi connectivity index (χ4v) is 10.5. The summed E-state index contributed by atoms with van der Waals surface area (Å²) in [5, 5.41) is 16.4. The molecule has 0 amide bonds. The Morgan fingerprint density at radius 2 is 1.15 bits per heavy atom. The number of aliphatic hydroxyl groups excluding tert-OH is 1. The van der Waals surface area contributed by atoms with Gasteiger partial charge in [0.25, 0.3) is 0 Å². The third kappa shape index (κ3) is 9.53. The molecule has 0 aliphatic carbocycles.